The van der Waals surface area contributed by atoms with E-state index in [0.717, 1.165) is 31.4 Å². The number of aromatic nitrogens is 4. The average Bonchev–Trinajstić information content (AvgIpc) is 3.11. The molecule has 7 nitrogen and oxygen atoms in total. The van der Waals surface area contributed by atoms with Crippen LogP contribution in [0, 0.1) is 0 Å². The molecule has 29 heavy (non-hydrogen) atoms. The first-order valence-corrected chi connectivity index (χ1v) is 10.5. The van der Waals surface area contributed by atoms with E-state index in [9.17, 15) is 9.59 Å². The fourth-order valence-electron chi connectivity index (χ4n) is 3.89. The molecule has 2 heterocycles. The summed E-state index contributed by atoms with van der Waals surface area (Å²) >= 11 is 6.05. The summed E-state index contributed by atoms with van der Waals surface area (Å²) in [5, 5.41) is 8.31. The second kappa shape index (κ2) is 8.78. The molecule has 1 aliphatic rings. The van der Waals surface area contributed by atoms with Gasteiger partial charge in [-0.1, -0.05) is 49.8 Å². The summed E-state index contributed by atoms with van der Waals surface area (Å²) in [4.78, 5) is 29.7. The van der Waals surface area contributed by atoms with Crippen LogP contribution < -0.4 is 10.9 Å². The molecular weight excluding hydrogens is 390 g/mol. The molecule has 1 aromatic carbocycles. The van der Waals surface area contributed by atoms with Crippen LogP contribution in [0.4, 0.5) is 0 Å². The lowest BCUT2D eigenvalue weighted by atomic mass is 9.97. The number of carbonyl (C=O) groups is 1. The van der Waals surface area contributed by atoms with E-state index in [1.165, 1.54) is 36.4 Å². The fraction of sp³-hybridized carbons (Fsp3) is 0.429. The predicted octanol–water partition coefficient (Wildman–Crippen LogP) is 3.46. The van der Waals surface area contributed by atoms with Gasteiger partial charge in [0.1, 0.15) is 18.3 Å². The Morgan fingerprint density at radius 3 is 2.69 bits per heavy atom. The summed E-state index contributed by atoms with van der Waals surface area (Å²) in [5.74, 6) is -0.152. The lowest BCUT2D eigenvalue weighted by molar-refractivity contribution is -0.122. The predicted molar refractivity (Wildman–Crippen MR) is 112 cm³/mol. The minimum atomic E-state index is -0.281. The Morgan fingerprint density at radius 1 is 1.17 bits per heavy atom. The molecule has 0 radical (unpaired) electrons. The van der Waals surface area contributed by atoms with E-state index >= 15 is 0 Å². The van der Waals surface area contributed by atoms with Gasteiger partial charge < -0.3 is 5.32 Å². The first-order valence-electron chi connectivity index (χ1n) is 10.1. The van der Waals surface area contributed by atoms with Gasteiger partial charge in [0.05, 0.1) is 11.9 Å². The maximum atomic E-state index is 12.8. The number of fused-ring (bicyclic) bond motifs is 1. The second-order valence-electron chi connectivity index (χ2n) is 7.56. The highest BCUT2D eigenvalue weighted by Crippen LogP contribution is 2.18. The van der Waals surface area contributed by atoms with Gasteiger partial charge in [-0.2, -0.15) is 5.10 Å². The van der Waals surface area contributed by atoms with Crippen molar-refractivity contribution in [2.75, 3.05) is 0 Å². The number of amides is 1. The number of benzene rings is 1. The first kappa shape index (κ1) is 19.6. The Hall–Kier alpha value is -2.67. The number of hydrogen-bond donors (Lipinski definition) is 1. The van der Waals surface area contributed by atoms with Crippen LogP contribution in [0.1, 0.15) is 44.9 Å². The molecular formula is C21H24ClN5O2. The van der Waals surface area contributed by atoms with Gasteiger partial charge in [-0.05, 0) is 31.0 Å². The molecule has 1 aliphatic carbocycles. The van der Waals surface area contributed by atoms with Crippen molar-refractivity contribution >= 4 is 28.5 Å². The minimum Gasteiger partial charge on any atom is -0.352 e. The third-order valence-corrected chi connectivity index (χ3v) is 5.63. The molecule has 1 fully saturated rings. The summed E-state index contributed by atoms with van der Waals surface area (Å²) in [5.41, 5.74) is 0.879. The molecule has 0 aliphatic heterocycles. The highest BCUT2D eigenvalue weighted by molar-refractivity contribution is 6.30. The van der Waals surface area contributed by atoms with E-state index in [1.807, 2.05) is 12.1 Å². The third kappa shape index (κ3) is 4.50. The van der Waals surface area contributed by atoms with E-state index in [1.54, 1.807) is 16.8 Å². The van der Waals surface area contributed by atoms with E-state index in [4.69, 9.17) is 11.6 Å². The van der Waals surface area contributed by atoms with Gasteiger partial charge in [0, 0.05) is 11.1 Å². The van der Waals surface area contributed by atoms with Crippen molar-refractivity contribution in [2.24, 2.45) is 0 Å². The molecule has 8 heteroatoms. The van der Waals surface area contributed by atoms with Gasteiger partial charge in [-0.25, -0.2) is 9.67 Å². The number of hydrogen-bond acceptors (Lipinski definition) is 4. The van der Waals surface area contributed by atoms with Crippen molar-refractivity contribution in [3.63, 3.8) is 0 Å². The van der Waals surface area contributed by atoms with Crippen LogP contribution in [0.15, 0.2) is 41.6 Å². The third-order valence-electron chi connectivity index (χ3n) is 5.39. The molecule has 0 unspecified atom stereocenters. The van der Waals surface area contributed by atoms with Crippen LogP contribution in [0.5, 0.6) is 0 Å². The van der Waals surface area contributed by atoms with Crippen LogP contribution in [0.2, 0.25) is 5.02 Å². The quantitative estimate of drug-likeness (QED) is 0.710. The van der Waals surface area contributed by atoms with Gasteiger partial charge in [-0.3, -0.25) is 14.2 Å². The van der Waals surface area contributed by atoms with Gasteiger partial charge in [0.2, 0.25) is 5.91 Å². The van der Waals surface area contributed by atoms with Crippen LogP contribution in [0.3, 0.4) is 0 Å². The van der Waals surface area contributed by atoms with Crippen molar-refractivity contribution in [3.05, 3.63) is 52.2 Å². The number of rotatable bonds is 4. The summed E-state index contributed by atoms with van der Waals surface area (Å²) in [6.07, 6.45) is 10.9. The van der Waals surface area contributed by atoms with Crippen LogP contribution in [-0.4, -0.2) is 31.3 Å². The Bertz CT molecular complexity index is 1070. The zero-order valence-corrected chi connectivity index (χ0v) is 16.9. The largest absolute Gasteiger partial charge is 0.352 e. The van der Waals surface area contributed by atoms with Crippen LogP contribution in [0.25, 0.3) is 16.7 Å². The lowest BCUT2D eigenvalue weighted by Gasteiger charge is -2.21. The van der Waals surface area contributed by atoms with Crippen LogP contribution >= 0.6 is 11.6 Å². The standard InChI is InChI=1S/C21H24ClN5O2/c22-15-7-6-10-17(11-15)27-20-18(12-24-27)21(29)26(14-23-20)13-19(28)25-16-8-4-2-1-3-5-9-16/h6-7,10-12,14,16H,1-5,8-9,13H2,(H,25,28). The van der Waals surface area contributed by atoms with Gasteiger partial charge in [-0.15, -0.1) is 0 Å². The molecule has 3 aromatic rings. The SMILES string of the molecule is O=C(Cn1cnc2c(cnn2-c2cccc(Cl)c2)c1=O)NC1CCCCCCC1. The minimum absolute atomic E-state index is 0.0411. The number of halogens is 1. The number of nitrogens with one attached hydrogen (secondary N) is 1. The normalized spacial score (nSPS) is 15.8. The van der Waals surface area contributed by atoms with Crippen molar-refractivity contribution < 1.29 is 4.79 Å². The van der Waals surface area contributed by atoms with Crippen molar-refractivity contribution in [2.45, 2.75) is 57.5 Å². The summed E-state index contributed by atoms with van der Waals surface area (Å²) in [7, 11) is 0. The monoisotopic (exact) mass is 413 g/mol. The van der Waals surface area contributed by atoms with Crippen molar-refractivity contribution in [1.82, 2.24) is 24.6 Å². The second-order valence-corrected chi connectivity index (χ2v) is 8.00. The Labute approximate surface area is 173 Å². The Balaban J connectivity index is 1.52. The maximum Gasteiger partial charge on any atom is 0.264 e. The van der Waals surface area contributed by atoms with Gasteiger partial charge in [0.15, 0.2) is 5.65 Å². The molecule has 4 rings (SSSR count). The molecule has 1 amide bonds. The fourth-order valence-corrected chi connectivity index (χ4v) is 4.07. The summed E-state index contributed by atoms with van der Waals surface area (Å²) in [6, 6.07) is 7.37. The van der Waals surface area contributed by atoms with E-state index in [2.05, 4.69) is 15.4 Å². The molecule has 152 valence electrons. The smallest absolute Gasteiger partial charge is 0.264 e. The maximum absolute atomic E-state index is 12.8. The van der Waals surface area contributed by atoms with E-state index in [-0.39, 0.29) is 24.1 Å². The average molecular weight is 414 g/mol. The molecule has 2 aromatic heterocycles. The molecule has 1 saturated carbocycles. The first-order chi connectivity index (χ1) is 14.1. The summed E-state index contributed by atoms with van der Waals surface area (Å²) < 4.78 is 2.91. The van der Waals surface area contributed by atoms with Gasteiger partial charge in [0.25, 0.3) is 5.56 Å². The van der Waals surface area contributed by atoms with Crippen molar-refractivity contribution in [3.8, 4) is 5.69 Å². The van der Waals surface area contributed by atoms with Crippen LogP contribution in [-0.2, 0) is 11.3 Å². The Morgan fingerprint density at radius 2 is 1.93 bits per heavy atom. The molecule has 0 atom stereocenters. The van der Waals surface area contributed by atoms with Crippen molar-refractivity contribution in [1.29, 1.82) is 0 Å². The number of carbonyl (C=O) groups excluding carboxylic acids is 1. The van der Waals surface area contributed by atoms with E-state index < -0.39 is 0 Å². The molecule has 0 bridgehead atoms. The lowest BCUT2D eigenvalue weighted by Crippen LogP contribution is -2.39. The molecule has 0 saturated heterocycles. The highest BCUT2D eigenvalue weighted by atomic mass is 35.5. The number of nitrogens with zero attached hydrogens (tertiary/aromatic N) is 4. The zero-order chi connectivity index (χ0) is 20.2. The zero-order valence-electron chi connectivity index (χ0n) is 16.2. The molecule has 0 spiro atoms. The molecule has 1 N–H and O–H groups in total. The topological polar surface area (TPSA) is 81.8 Å². The highest BCUT2D eigenvalue weighted by Gasteiger charge is 2.16. The van der Waals surface area contributed by atoms with E-state index in [0.29, 0.717) is 16.1 Å². The summed E-state index contributed by atoms with van der Waals surface area (Å²) in [6.45, 7) is -0.0411. The van der Waals surface area contributed by atoms with Gasteiger partial charge >= 0.3 is 0 Å². The Kier molecular flexibility index (Phi) is 5.94.